The number of terminal acetylenes is 1. The van der Waals surface area contributed by atoms with Gasteiger partial charge in [0.2, 0.25) is 0 Å². The van der Waals surface area contributed by atoms with Gasteiger partial charge < -0.3 is 15.3 Å². The van der Waals surface area contributed by atoms with Gasteiger partial charge in [0.15, 0.2) is 6.04 Å². The molecule has 1 atom stereocenters. The zero-order valence-electron chi connectivity index (χ0n) is 10.1. The number of aryl methyl sites for hydroxylation is 1. The smallest absolute Gasteiger partial charge is 0.331 e. The molecule has 0 aromatic carbocycles. The fraction of sp³-hybridized carbons (Fsp3) is 0.364. The van der Waals surface area contributed by atoms with Crippen molar-refractivity contribution in [2.45, 2.75) is 6.04 Å². The first kappa shape index (κ1) is 13.6. The second-order valence-corrected chi connectivity index (χ2v) is 3.73. The zero-order chi connectivity index (χ0) is 13.7. The van der Waals surface area contributed by atoms with Crippen molar-refractivity contribution in [3.05, 3.63) is 18.0 Å². The molecule has 0 aliphatic heterocycles. The number of carbonyl (C=O) groups is 2. The third kappa shape index (κ3) is 3.25. The van der Waals surface area contributed by atoms with Crippen LogP contribution in [0, 0.1) is 12.3 Å². The Morgan fingerprint density at radius 3 is 2.83 bits per heavy atom. The van der Waals surface area contributed by atoms with E-state index in [1.807, 2.05) is 0 Å². The second-order valence-electron chi connectivity index (χ2n) is 3.73. The van der Waals surface area contributed by atoms with Crippen LogP contribution < -0.4 is 5.32 Å². The first-order chi connectivity index (χ1) is 8.45. The van der Waals surface area contributed by atoms with Gasteiger partial charge >= 0.3 is 12.0 Å². The summed E-state index contributed by atoms with van der Waals surface area (Å²) in [5.74, 6) is 1.13. The molecule has 2 N–H and O–H groups in total. The third-order valence-corrected chi connectivity index (χ3v) is 2.25. The minimum atomic E-state index is -1.16. The van der Waals surface area contributed by atoms with Crippen molar-refractivity contribution in [2.24, 2.45) is 7.05 Å². The Kier molecular flexibility index (Phi) is 4.32. The molecule has 0 saturated heterocycles. The maximum atomic E-state index is 11.7. The van der Waals surface area contributed by atoms with Gasteiger partial charge in [0, 0.05) is 25.9 Å². The predicted octanol–water partition coefficient (Wildman–Crippen LogP) is -0.180. The molecule has 0 spiro atoms. The maximum absolute atomic E-state index is 11.7. The van der Waals surface area contributed by atoms with Gasteiger partial charge in [0.1, 0.15) is 0 Å². The first-order valence-corrected chi connectivity index (χ1v) is 5.12. The lowest BCUT2D eigenvalue weighted by molar-refractivity contribution is -0.139. The van der Waals surface area contributed by atoms with Crippen molar-refractivity contribution in [2.75, 3.05) is 13.6 Å². The first-order valence-electron chi connectivity index (χ1n) is 5.12. The normalized spacial score (nSPS) is 11.4. The number of carboxylic acid groups (broad SMARTS) is 1. The molecular weight excluding hydrogens is 236 g/mol. The van der Waals surface area contributed by atoms with Gasteiger partial charge in [0.25, 0.3) is 0 Å². The van der Waals surface area contributed by atoms with Crippen LogP contribution in [0.4, 0.5) is 4.79 Å². The van der Waals surface area contributed by atoms with Crippen LogP contribution >= 0.6 is 0 Å². The Morgan fingerprint density at radius 1 is 1.72 bits per heavy atom. The van der Waals surface area contributed by atoms with Crippen LogP contribution in [-0.4, -0.2) is 45.4 Å². The summed E-state index contributed by atoms with van der Waals surface area (Å²) in [5.41, 5.74) is 0.396. The van der Waals surface area contributed by atoms with Crippen LogP contribution in [0.1, 0.15) is 11.6 Å². The number of hydrogen-bond acceptors (Lipinski definition) is 3. The Hall–Kier alpha value is -2.49. The van der Waals surface area contributed by atoms with E-state index in [1.165, 1.54) is 29.0 Å². The van der Waals surface area contributed by atoms with Gasteiger partial charge in [-0.2, -0.15) is 5.10 Å². The zero-order valence-corrected chi connectivity index (χ0v) is 10.1. The van der Waals surface area contributed by atoms with Crippen LogP contribution in [0.15, 0.2) is 12.4 Å². The summed E-state index contributed by atoms with van der Waals surface area (Å²) >= 11 is 0. The minimum absolute atomic E-state index is 0.102. The molecule has 0 fully saturated rings. The maximum Gasteiger partial charge on any atom is 0.331 e. The van der Waals surface area contributed by atoms with Gasteiger partial charge in [0.05, 0.1) is 12.7 Å². The molecule has 0 aliphatic carbocycles. The summed E-state index contributed by atoms with van der Waals surface area (Å²) in [5, 5.41) is 15.3. The number of urea groups is 1. The molecule has 7 nitrogen and oxygen atoms in total. The van der Waals surface area contributed by atoms with E-state index in [0.717, 1.165) is 0 Å². The van der Waals surface area contributed by atoms with Gasteiger partial charge in [-0.05, 0) is 0 Å². The predicted molar refractivity (Wildman–Crippen MR) is 63.6 cm³/mol. The summed E-state index contributed by atoms with van der Waals surface area (Å²) in [6.45, 7) is 0.102. The van der Waals surface area contributed by atoms with Crippen molar-refractivity contribution in [3.63, 3.8) is 0 Å². The van der Waals surface area contributed by atoms with E-state index in [2.05, 4.69) is 16.3 Å². The van der Waals surface area contributed by atoms with Crippen LogP contribution in [0.25, 0.3) is 0 Å². The molecule has 96 valence electrons. The standard InChI is InChI=1S/C11H14N4O3/c1-4-5-14(2)11(18)13-9(10(16)17)8-6-12-15(3)7-8/h1,6-7,9H,5H2,2-3H3,(H,13,18)(H,16,17). The Morgan fingerprint density at radius 2 is 2.39 bits per heavy atom. The van der Waals surface area contributed by atoms with Crippen LogP contribution in [0.5, 0.6) is 0 Å². The fourth-order valence-electron chi connectivity index (χ4n) is 1.32. The topological polar surface area (TPSA) is 87.5 Å². The lowest BCUT2D eigenvalue weighted by Crippen LogP contribution is -2.42. The number of carbonyl (C=O) groups excluding carboxylic acids is 1. The van der Waals surface area contributed by atoms with Gasteiger partial charge in [-0.3, -0.25) is 4.68 Å². The van der Waals surface area contributed by atoms with E-state index in [0.29, 0.717) is 5.56 Å². The molecule has 1 aromatic heterocycles. The number of hydrogen-bond donors (Lipinski definition) is 2. The summed E-state index contributed by atoms with van der Waals surface area (Å²) in [7, 11) is 3.14. The fourth-order valence-corrected chi connectivity index (χ4v) is 1.32. The molecule has 1 heterocycles. The number of carboxylic acids is 1. The van der Waals surface area contributed by atoms with E-state index in [9.17, 15) is 9.59 Å². The van der Waals surface area contributed by atoms with Crippen molar-refractivity contribution in [1.82, 2.24) is 20.0 Å². The van der Waals surface area contributed by atoms with Crippen molar-refractivity contribution >= 4 is 12.0 Å². The number of rotatable bonds is 4. The average Bonchev–Trinajstić information content (AvgIpc) is 2.72. The Bertz CT molecular complexity index is 489. The molecule has 1 unspecified atom stereocenters. The summed E-state index contributed by atoms with van der Waals surface area (Å²) in [6.07, 6.45) is 7.99. The largest absolute Gasteiger partial charge is 0.479 e. The SMILES string of the molecule is C#CCN(C)C(=O)NC(C(=O)O)c1cnn(C)c1. The van der Waals surface area contributed by atoms with Crippen molar-refractivity contribution < 1.29 is 14.7 Å². The highest BCUT2D eigenvalue weighted by Gasteiger charge is 2.24. The van der Waals surface area contributed by atoms with Crippen LogP contribution in [-0.2, 0) is 11.8 Å². The van der Waals surface area contributed by atoms with Crippen LogP contribution in [0.2, 0.25) is 0 Å². The molecule has 1 aromatic rings. The summed E-state index contributed by atoms with van der Waals surface area (Å²) in [4.78, 5) is 24.0. The van der Waals surface area contributed by atoms with Gasteiger partial charge in [-0.1, -0.05) is 5.92 Å². The van der Waals surface area contributed by atoms with Crippen LogP contribution in [0.3, 0.4) is 0 Å². The number of amides is 2. The third-order valence-electron chi connectivity index (χ3n) is 2.25. The number of nitrogens with zero attached hydrogens (tertiary/aromatic N) is 3. The quantitative estimate of drug-likeness (QED) is 0.726. The molecule has 2 amide bonds. The lowest BCUT2D eigenvalue weighted by Gasteiger charge is -2.18. The molecule has 0 radical (unpaired) electrons. The van der Waals surface area contributed by atoms with Gasteiger partial charge in [-0.25, -0.2) is 9.59 Å². The highest BCUT2D eigenvalue weighted by Crippen LogP contribution is 2.12. The summed E-state index contributed by atoms with van der Waals surface area (Å²) < 4.78 is 1.46. The molecule has 0 aliphatic rings. The van der Waals surface area contributed by atoms with E-state index in [-0.39, 0.29) is 6.54 Å². The molecule has 0 bridgehead atoms. The highest BCUT2D eigenvalue weighted by molar-refractivity contribution is 5.83. The average molecular weight is 250 g/mol. The molecule has 0 saturated carbocycles. The van der Waals surface area contributed by atoms with Crippen molar-refractivity contribution in [1.29, 1.82) is 0 Å². The van der Waals surface area contributed by atoms with Crippen molar-refractivity contribution in [3.8, 4) is 12.3 Å². The Labute approximate surface area is 104 Å². The molecular formula is C11H14N4O3. The minimum Gasteiger partial charge on any atom is -0.479 e. The van der Waals surface area contributed by atoms with E-state index in [1.54, 1.807) is 7.05 Å². The Balaban J connectivity index is 2.80. The number of aromatic nitrogens is 2. The second kappa shape index (κ2) is 5.72. The molecule has 18 heavy (non-hydrogen) atoms. The number of aliphatic carboxylic acids is 1. The summed E-state index contributed by atoms with van der Waals surface area (Å²) in [6, 6.07) is -1.70. The molecule has 1 rings (SSSR count). The molecule has 7 heteroatoms. The van der Waals surface area contributed by atoms with E-state index >= 15 is 0 Å². The van der Waals surface area contributed by atoms with E-state index in [4.69, 9.17) is 11.5 Å². The lowest BCUT2D eigenvalue weighted by atomic mass is 10.1. The highest BCUT2D eigenvalue weighted by atomic mass is 16.4. The van der Waals surface area contributed by atoms with Gasteiger partial charge in [-0.15, -0.1) is 6.42 Å². The monoisotopic (exact) mass is 250 g/mol. The number of nitrogens with one attached hydrogen (secondary N) is 1. The van der Waals surface area contributed by atoms with E-state index < -0.39 is 18.0 Å².